The summed E-state index contributed by atoms with van der Waals surface area (Å²) in [6.07, 6.45) is 0.104. The zero-order valence-electron chi connectivity index (χ0n) is 12.6. The van der Waals surface area contributed by atoms with Crippen molar-refractivity contribution in [1.82, 2.24) is 10.4 Å². The molecule has 2 N–H and O–H groups in total. The summed E-state index contributed by atoms with van der Waals surface area (Å²) in [7, 11) is 2.16. The molecule has 1 aromatic carbocycles. The first-order valence-corrected chi connectivity index (χ1v) is 7.75. The molecule has 0 saturated carbocycles. The van der Waals surface area contributed by atoms with Gasteiger partial charge in [0.05, 0.1) is 33.2 Å². The molecule has 1 heterocycles. The highest BCUT2D eigenvalue weighted by molar-refractivity contribution is 6.30. The van der Waals surface area contributed by atoms with Crippen LogP contribution in [0.4, 0.5) is 0 Å². The number of hydrogen-bond donors (Lipinski definition) is 2. The molecule has 1 atom stereocenters. The lowest BCUT2D eigenvalue weighted by Crippen LogP contribution is -3.12. The molecule has 0 radical (unpaired) electrons. The zero-order valence-corrected chi connectivity index (χ0v) is 13.3. The van der Waals surface area contributed by atoms with E-state index >= 15 is 0 Å². The van der Waals surface area contributed by atoms with E-state index in [-0.39, 0.29) is 5.91 Å². The van der Waals surface area contributed by atoms with Crippen LogP contribution in [0.3, 0.4) is 0 Å². The molecule has 6 heteroatoms. The topological polar surface area (TPSA) is 46.0 Å². The maximum atomic E-state index is 12.3. The quantitative estimate of drug-likeness (QED) is 0.825. The molecular formula is C15H23ClN3O2+. The van der Waals surface area contributed by atoms with Gasteiger partial charge in [-0.1, -0.05) is 24.6 Å². The molecule has 1 fully saturated rings. The molecule has 0 spiro atoms. The maximum Gasteiger partial charge on any atom is 0.275 e. The largest absolute Gasteiger partial charge is 0.481 e. The molecule has 1 saturated heterocycles. The fourth-order valence-electron chi connectivity index (χ4n) is 2.25. The van der Waals surface area contributed by atoms with Crippen LogP contribution >= 0.6 is 11.6 Å². The Morgan fingerprint density at radius 2 is 2.19 bits per heavy atom. The molecule has 116 valence electrons. The van der Waals surface area contributed by atoms with Crippen molar-refractivity contribution in [2.45, 2.75) is 19.4 Å². The van der Waals surface area contributed by atoms with Crippen molar-refractivity contribution in [2.24, 2.45) is 0 Å². The summed E-state index contributed by atoms with van der Waals surface area (Å²) in [5.41, 5.74) is 2.95. The summed E-state index contributed by atoms with van der Waals surface area (Å²) in [5, 5.41) is 2.57. The lowest BCUT2D eigenvalue weighted by molar-refractivity contribution is -0.884. The van der Waals surface area contributed by atoms with Crippen LogP contribution in [0.5, 0.6) is 5.75 Å². The predicted molar refractivity (Wildman–Crippen MR) is 82.5 cm³/mol. The van der Waals surface area contributed by atoms with Gasteiger partial charge in [0.1, 0.15) is 5.75 Å². The Kier molecular flexibility index (Phi) is 5.85. The van der Waals surface area contributed by atoms with Crippen LogP contribution in [-0.4, -0.2) is 50.2 Å². The highest BCUT2D eigenvalue weighted by atomic mass is 35.5. The van der Waals surface area contributed by atoms with E-state index in [0.29, 0.717) is 17.2 Å². The molecule has 1 amide bonds. The van der Waals surface area contributed by atoms with E-state index in [4.69, 9.17) is 16.3 Å². The fraction of sp³-hybridized carbons (Fsp3) is 0.533. The van der Waals surface area contributed by atoms with Crippen LogP contribution in [0.25, 0.3) is 0 Å². The molecule has 1 aliphatic heterocycles. The number of rotatable bonds is 5. The standard InChI is InChI=1S/C15H22ClN3O2/c1-3-14(21-13-6-4-5-12(16)11-13)15(20)17-19-9-7-18(2)8-10-19/h4-6,11,14H,3,7-10H2,1-2H3,(H,17,20)/p+1/t14-/m0/s1. The van der Waals surface area contributed by atoms with Gasteiger partial charge in [0.25, 0.3) is 5.91 Å². The third-order valence-corrected chi connectivity index (χ3v) is 3.86. The summed E-state index contributed by atoms with van der Waals surface area (Å²) < 4.78 is 5.74. The monoisotopic (exact) mass is 312 g/mol. The highest BCUT2D eigenvalue weighted by Crippen LogP contribution is 2.19. The second kappa shape index (κ2) is 7.64. The number of hydrazine groups is 1. The Labute approximate surface area is 130 Å². The summed E-state index contributed by atoms with van der Waals surface area (Å²) >= 11 is 5.93. The number of piperazine rings is 1. The third kappa shape index (κ3) is 4.88. The lowest BCUT2D eigenvalue weighted by atomic mass is 10.2. The predicted octanol–water partition coefficient (Wildman–Crippen LogP) is 0.359. The van der Waals surface area contributed by atoms with Crippen molar-refractivity contribution >= 4 is 17.5 Å². The van der Waals surface area contributed by atoms with E-state index in [0.717, 1.165) is 26.2 Å². The zero-order chi connectivity index (χ0) is 15.2. The molecule has 0 bridgehead atoms. The minimum atomic E-state index is -0.504. The van der Waals surface area contributed by atoms with E-state index in [9.17, 15) is 4.79 Å². The molecule has 5 nitrogen and oxygen atoms in total. The van der Waals surface area contributed by atoms with E-state index in [1.807, 2.05) is 18.0 Å². The van der Waals surface area contributed by atoms with E-state index in [1.165, 1.54) is 4.90 Å². The van der Waals surface area contributed by atoms with Gasteiger partial charge in [-0.3, -0.25) is 10.2 Å². The Morgan fingerprint density at radius 3 is 2.81 bits per heavy atom. The third-order valence-electron chi connectivity index (χ3n) is 3.62. The van der Waals surface area contributed by atoms with Gasteiger partial charge in [-0.25, -0.2) is 5.01 Å². The SMILES string of the molecule is CC[C@H](Oc1cccc(Cl)c1)C(=O)NN1CC[NH+](C)CC1. The second-order valence-corrected chi connectivity index (χ2v) is 5.83. The number of carbonyl (C=O) groups is 1. The van der Waals surface area contributed by atoms with Gasteiger partial charge in [0, 0.05) is 5.02 Å². The first-order chi connectivity index (χ1) is 10.1. The van der Waals surface area contributed by atoms with Crippen molar-refractivity contribution in [3.05, 3.63) is 29.3 Å². The highest BCUT2D eigenvalue weighted by Gasteiger charge is 2.23. The van der Waals surface area contributed by atoms with Gasteiger partial charge >= 0.3 is 0 Å². The first kappa shape index (κ1) is 16.1. The van der Waals surface area contributed by atoms with Crippen LogP contribution in [-0.2, 0) is 4.79 Å². The Bertz CT molecular complexity index is 476. The van der Waals surface area contributed by atoms with E-state index in [1.54, 1.807) is 18.2 Å². The van der Waals surface area contributed by atoms with Crippen molar-refractivity contribution in [2.75, 3.05) is 33.2 Å². The van der Waals surface area contributed by atoms with Gasteiger partial charge in [0.2, 0.25) is 0 Å². The van der Waals surface area contributed by atoms with Crippen LogP contribution in [0.2, 0.25) is 5.02 Å². The molecule has 0 aromatic heterocycles. The Balaban J connectivity index is 1.89. The molecular weight excluding hydrogens is 290 g/mol. The normalized spacial score (nSPS) is 18.2. The van der Waals surface area contributed by atoms with Gasteiger partial charge in [0.15, 0.2) is 6.10 Å². The minimum Gasteiger partial charge on any atom is -0.481 e. The van der Waals surface area contributed by atoms with E-state index < -0.39 is 6.10 Å². The summed E-state index contributed by atoms with van der Waals surface area (Å²) in [4.78, 5) is 13.8. The van der Waals surface area contributed by atoms with Gasteiger partial charge in [-0.15, -0.1) is 0 Å². The van der Waals surface area contributed by atoms with Crippen LogP contribution < -0.4 is 15.1 Å². The number of likely N-dealkylation sites (N-methyl/N-ethyl adjacent to an activating group) is 1. The Morgan fingerprint density at radius 1 is 1.48 bits per heavy atom. The van der Waals surface area contributed by atoms with Gasteiger partial charge in [-0.2, -0.15) is 0 Å². The Hall–Kier alpha value is -1.30. The number of ether oxygens (including phenoxy) is 1. The van der Waals surface area contributed by atoms with Crippen molar-refractivity contribution in [3.8, 4) is 5.75 Å². The number of carbonyl (C=O) groups excluding carboxylic acids is 1. The first-order valence-electron chi connectivity index (χ1n) is 7.37. The molecule has 1 aromatic rings. The van der Waals surface area contributed by atoms with E-state index in [2.05, 4.69) is 12.5 Å². The van der Waals surface area contributed by atoms with Crippen LogP contribution in [0, 0.1) is 0 Å². The number of nitrogens with one attached hydrogen (secondary N) is 2. The number of benzene rings is 1. The van der Waals surface area contributed by atoms with Gasteiger partial charge in [-0.05, 0) is 24.6 Å². The smallest absolute Gasteiger partial charge is 0.275 e. The van der Waals surface area contributed by atoms with Gasteiger partial charge < -0.3 is 9.64 Å². The number of halogens is 1. The number of quaternary nitrogens is 1. The lowest BCUT2D eigenvalue weighted by Gasteiger charge is -2.31. The van der Waals surface area contributed by atoms with Crippen molar-refractivity contribution < 1.29 is 14.4 Å². The number of amides is 1. The maximum absolute atomic E-state index is 12.3. The molecule has 2 rings (SSSR count). The summed E-state index contributed by atoms with van der Waals surface area (Å²) in [6.45, 7) is 5.73. The molecule has 1 aliphatic rings. The average Bonchev–Trinajstić information content (AvgIpc) is 2.47. The average molecular weight is 313 g/mol. The van der Waals surface area contributed by atoms with Crippen molar-refractivity contribution in [3.63, 3.8) is 0 Å². The fourth-order valence-corrected chi connectivity index (χ4v) is 2.44. The molecule has 0 unspecified atom stereocenters. The van der Waals surface area contributed by atoms with Crippen LogP contribution in [0.1, 0.15) is 13.3 Å². The number of hydrogen-bond acceptors (Lipinski definition) is 3. The molecule has 21 heavy (non-hydrogen) atoms. The van der Waals surface area contributed by atoms with Crippen LogP contribution in [0.15, 0.2) is 24.3 Å². The number of nitrogens with zero attached hydrogens (tertiary/aromatic N) is 1. The molecule has 0 aliphatic carbocycles. The van der Waals surface area contributed by atoms with Crippen molar-refractivity contribution in [1.29, 1.82) is 0 Å². The minimum absolute atomic E-state index is 0.1000. The summed E-state index contributed by atoms with van der Waals surface area (Å²) in [5.74, 6) is 0.518. The summed E-state index contributed by atoms with van der Waals surface area (Å²) in [6, 6.07) is 7.12. The second-order valence-electron chi connectivity index (χ2n) is 5.39.